The SMILES string of the molecule is O=C(O)CCn1nnnc1CCCOc1ccccc1. The summed E-state index contributed by atoms with van der Waals surface area (Å²) in [6, 6.07) is 9.57. The molecular weight excluding hydrogens is 260 g/mol. The van der Waals surface area contributed by atoms with Crippen molar-refractivity contribution >= 4 is 5.97 Å². The first-order valence-electron chi connectivity index (χ1n) is 6.40. The van der Waals surface area contributed by atoms with Gasteiger partial charge in [-0.05, 0) is 29.0 Å². The molecule has 0 atom stereocenters. The molecule has 0 aliphatic carbocycles. The van der Waals surface area contributed by atoms with Crippen molar-refractivity contribution in [3.8, 4) is 5.75 Å². The number of benzene rings is 1. The molecule has 0 fully saturated rings. The van der Waals surface area contributed by atoms with E-state index in [0.29, 0.717) is 18.9 Å². The molecule has 2 aromatic rings. The third-order valence-corrected chi connectivity index (χ3v) is 2.70. The van der Waals surface area contributed by atoms with Crippen LogP contribution in [0.4, 0.5) is 0 Å². The van der Waals surface area contributed by atoms with E-state index in [1.165, 1.54) is 4.68 Å². The lowest BCUT2D eigenvalue weighted by Crippen LogP contribution is -2.11. The van der Waals surface area contributed by atoms with Crippen molar-refractivity contribution < 1.29 is 14.6 Å². The number of hydrogen-bond acceptors (Lipinski definition) is 5. The van der Waals surface area contributed by atoms with Gasteiger partial charge in [-0.25, -0.2) is 4.68 Å². The number of carboxylic acids is 1. The maximum atomic E-state index is 10.5. The number of ether oxygens (including phenoxy) is 1. The fourth-order valence-electron chi connectivity index (χ4n) is 1.71. The van der Waals surface area contributed by atoms with Crippen LogP contribution in [-0.4, -0.2) is 37.9 Å². The van der Waals surface area contributed by atoms with Gasteiger partial charge in [0.15, 0.2) is 5.82 Å². The zero-order valence-electron chi connectivity index (χ0n) is 11.0. The smallest absolute Gasteiger partial charge is 0.305 e. The van der Waals surface area contributed by atoms with E-state index in [1.807, 2.05) is 30.3 Å². The van der Waals surface area contributed by atoms with E-state index in [2.05, 4.69) is 15.5 Å². The lowest BCUT2D eigenvalue weighted by molar-refractivity contribution is -0.137. The van der Waals surface area contributed by atoms with Crippen LogP contribution in [0.2, 0.25) is 0 Å². The normalized spacial score (nSPS) is 10.4. The van der Waals surface area contributed by atoms with Crippen LogP contribution >= 0.6 is 0 Å². The third kappa shape index (κ3) is 4.34. The number of tetrazole rings is 1. The van der Waals surface area contributed by atoms with Gasteiger partial charge in [0.1, 0.15) is 5.75 Å². The Morgan fingerprint density at radius 3 is 2.85 bits per heavy atom. The summed E-state index contributed by atoms with van der Waals surface area (Å²) in [6.07, 6.45) is 1.43. The second-order valence-electron chi connectivity index (χ2n) is 4.23. The molecule has 1 aromatic heterocycles. The number of aromatic nitrogens is 4. The molecule has 1 aromatic carbocycles. The average Bonchev–Trinajstić information content (AvgIpc) is 2.90. The van der Waals surface area contributed by atoms with Gasteiger partial charge in [0.25, 0.3) is 0 Å². The minimum atomic E-state index is -0.862. The quantitative estimate of drug-likeness (QED) is 0.728. The minimum absolute atomic E-state index is 0.0125. The van der Waals surface area contributed by atoms with Gasteiger partial charge in [0, 0.05) is 6.42 Å². The number of aliphatic carboxylic acids is 1. The highest BCUT2D eigenvalue weighted by Crippen LogP contribution is 2.09. The van der Waals surface area contributed by atoms with Gasteiger partial charge in [0.2, 0.25) is 0 Å². The Labute approximate surface area is 116 Å². The first kappa shape index (κ1) is 14.0. The van der Waals surface area contributed by atoms with Gasteiger partial charge in [0.05, 0.1) is 19.6 Å². The van der Waals surface area contributed by atoms with Crippen LogP contribution in [0.1, 0.15) is 18.7 Å². The zero-order chi connectivity index (χ0) is 14.2. The fraction of sp³-hybridized carbons (Fsp3) is 0.385. The molecule has 0 bridgehead atoms. The maximum absolute atomic E-state index is 10.5. The molecule has 7 nitrogen and oxygen atoms in total. The largest absolute Gasteiger partial charge is 0.494 e. The third-order valence-electron chi connectivity index (χ3n) is 2.70. The summed E-state index contributed by atoms with van der Waals surface area (Å²) in [5.41, 5.74) is 0. The van der Waals surface area contributed by atoms with E-state index in [0.717, 1.165) is 12.2 Å². The molecule has 20 heavy (non-hydrogen) atoms. The molecule has 0 amide bonds. The number of hydrogen-bond donors (Lipinski definition) is 1. The summed E-state index contributed by atoms with van der Waals surface area (Å²) < 4.78 is 7.09. The molecule has 0 radical (unpaired) electrons. The molecule has 0 saturated carbocycles. The highest BCUT2D eigenvalue weighted by molar-refractivity contribution is 5.66. The van der Waals surface area contributed by atoms with Crippen LogP contribution in [0.25, 0.3) is 0 Å². The molecular formula is C13H16N4O3. The summed E-state index contributed by atoms with van der Waals surface area (Å²) in [5.74, 6) is 0.653. The Balaban J connectivity index is 1.74. The minimum Gasteiger partial charge on any atom is -0.494 e. The Hall–Kier alpha value is -2.44. The average molecular weight is 276 g/mol. The molecule has 1 heterocycles. The zero-order valence-corrected chi connectivity index (χ0v) is 11.0. The predicted octanol–water partition coefficient (Wildman–Crippen LogP) is 1.16. The van der Waals surface area contributed by atoms with Gasteiger partial charge in [-0.3, -0.25) is 4.79 Å². The van der Waals surface area contributed by atoms with Crippen LogP contribution in [0, 0.1) is 0 Å². The van der Waals surface area contributed by atoms with Crippen LogP contribution < -0.4 is 4.74 Å². The first-order chi connectivity index (χ1) is 9.75. The highest BCUT2D eigenvalue weighted by Gasteiger charge is 2.07. The second-order valence-corrected chi connectivity index (χ2v) is 4.23. The van der Waals surface area contributed by atoms with E-state index >= 15 is 0 Å². The molecule has 106 valence electrons. The molecule has 0 spiro atoms. The standard InChI is InChI=1S/C13H16N4O3/c18-13(19)8-9-17-12(14-15-16-17)7-4-10-20-11-5-2-1-3-6-11/h1-3,5-6H,4,7-10H2,(H,18,19). The van der Waals surface area contributed by atoms with E-state index in [-0.39, 0.29) is 13.0 Å². The molecule has 0 unspecified atom stereocenters. The summed E-state index contributed by atoms with van der Waals surface area (Å²) in [6.45, 7) is 0.854. The van der Waals surface area contributed by atoms with E-state index < -0.39 is 5.97 Å². The lowest BCUT2D eigenvalue weighted by atomic mass is 10.3. The van der Waals surface area contributed by atoms with Crippen LogP contribution in [0.15, 0.2) is 30.3 Å². The first-order valence-corrected chi connectivity index (χ1v) is 6.40. The molecule has 0 aliphatic rings. The van der Waals surface area contributed by atoms with Crippen molar-refractivity contribution in [3.63, 3.8) is 0 Å². The summed E-state index contributed by atoms with van der Waals surface area (Å²) in [4.78, 5) is 10.5. The van der Waals surface area contributed by atoms with E-state index in [4.69, 9.17) is 9.84 Å². The Morgan fingerprint density at radius 2 is 2.10 bits per heavy atom. The van der Waals surface area contributed by atoms with E-state index in [1.54, 1.807) is 0 Å². The number of nitrogens with zero attached hydrogens (tertiary/aromatic N) is 4. The highest BCUT2D eigenvalue weighted by atomic mass is 16.5. The number of rotatable bonds is 8. The van der Waals surface area contributed by atoms with Crippen LogP contribution in [0.5, 0.6) is 5.75 Å². The predicted molar refractivity (Wildman–Crippen MR) is 70.3 cm³/mol. The number of carboxylic acid groups (broad SMARTS) is 1. The second kappa shape index (κ2) is 7.22. The molecule has 7 heteroatoms. The number of para-hydroxylation sites is 1. The van der Waals surface area contributed by atoms with Gasteiger partial charge in [-0.15, -0.1) is 5.10 Å². The topological polar surface area (TPSA) is 90.1 Å². The van der Waals surface area contributed by atoms with E-state index in [9.17, 15) is 4.79 Å². The Morgan fingerprint density at radius 1 is 1.30 bits per heavy atom. The number of aryl methyl sites for hydroxylation is 2. The monoisotopic (exact) mass is 276 g/mol. The van der Waals surface area contributed by atoms with Crippen LogP contribution in [-0.2, 0) is 17.8 Å². The molecule has 0 aliphatic heterocycles. The van der Waals surface area contributed by atoms with Gasteiger partial charge >= 0.3 is 5.97 Å². The lowest BCUT2D eigenvalue weighted by Gasteiger charge is -2.06. The molecule has 1 N–H and O–H groups in total. The Bertz CT molecular complexity index is 542. The number of carbonyl (C=O) groups is 1. The summed E-state index contributed by atoms with van der Waals surface area (Å²) in [5, 5.41) is 19.9. The maximum Gasteiger partial charge on any atom is 0.305 e. The molecule has 2 rings (SSSR count). The van der Waals surface area contributed by atoms with Gasteiger partial charge in [-0.1, -0.05) is 18.2 Å². The van der Waals surface area contributed by atoms with Crippen molar-refractivity contribution in [2.75, 3.05) is 6.61 Å². The van der Waals surface area contributed by atoms with Crippen LogP contribution in [0.3, 0.4) is 0 Å². The van der Waals surface area contributed by atoms with Crippen molar-refractivity contribution in [3.05, 3.63) is 36.2 Å². The molecule has 0 saturated heterocycles. The Kier molecular flexibility index (Phi) is 5.05. The van der Waals surface area contributed by atoms with Crippen molar-refractivity contribution in [2.24, 2.45) is 0 Å². The van der Waals surface area contributed by atoms with Crippen molar-refractivity contribution in [1.29, 1.82) is 0 Å². The fourth-order valence-corrected chi connectivity index (χ4v) is 1.71. The summed E-state index contributed by atoms with van der Waals surface area (Å²) in [7, 11) is 0. The van der Waals surface area contributed by atoms with Gasteiger partial charge in [-0.2, -0.15) is 0 Å². The van der Waals surface area contributed by atoms with Crippen molar-refractivity contribution in [1.82, 2.24) is 20.2 Å². The van der Waals surface area contributed by atoms with Crippen molar-refractivity contribution in [2.45, 2.75) is 25.8 Å². The van der Waals surface area contributed by atoms with Gasteiger partial charge < -0.3 is 9.84 Å². The summed E-state index contributed by atoms with van der Waals surface area (Å²) >= 11 is 0.